The number of hydrogen-bond donors (Lipinski definition) is 1. The van der Waals surface area contributed by atoms with Crippen LogP contribution in [0.3, 0.4) is 0 Å². The Morgan fingerprint density at radius 3 is 2.75 bits per heavy atom. The highest BCUT2D eigenvalue weighted by Gasteiger charge is 2.26. The topological polar surface area (TPSA) is 40.5 Å². The number of halogens is 2. The lowest BCUT2D eigenvalue weighted by molar-refractivity contribution is 0.0444. The Labute approximate surface area is 117 Å². The molecule has 1 aromatic carbocycles. The fraction of sp³-hybridized carbons (Fsp3) is 0.533. The van der Waals surface area contributed by atoms with E-state index in [1.54, 1.807) is 6.92 Å². The van der Waals surface area contributed by atoms with E-state index in [1.165, 1.54) is 6.07 Å². The van der Waals surface area contributed by atoms with Gasteiger partial charge < -0.3 is 5.11 Å². The van der Waals surface area contributed by atoms with Crippen LogP contribution in [-0.4, -0.2) is 41.0 Å². The molecule has 1 aromatic rings. The van der Waals surface area contributed by atoms with Gasteiger partial charge in [0, 0.05) is 12.1 Å². The van der Waals surface area contributed by atoms with Crippen LogP contribution in [0.4, 0.5) is 8.78 Å². The molecule has 1 atom stereocenters. The molecular weight excluding hydrogens is 264 g/mol. The number of ketones is 1. The summed E-state index contributed by atoms with van der Waals surface area (Å²) in [4.78, 5) is 14.0. The second kappa shape index (κ2) is 5.97. The van der Waals surface area contributed by atoms with Gasteiger partial charge in [-0.15, -0.1) is 0 Å². The van der Waals surface area contributed by atoms with Crippen LogP contribution >= 0.6 is 0 Å². The van der Waals surface area contributed by atoms with Crippen LogP contribution < -0.4 is 0 Å². The van der Waals surface area contributed by atoms with Crippen LogP contribution in [0, 0.1) is 11.6 Å². The maximum absolute atomic E-state index is 13.1. The summed E-state index contributed by atoms with van der Waals surface area (Å²) in [5, 5.41) is 9.99. The van der Waals surface area contributed by atoms with E-state index >= 15 is 0 Å². The molecule has 1 heterocycles. The average molecular weight is 283 g/mol. The standard InChI is InChI=1S/C15H19F2NO2/c1-15(20)5-2-7-18(8-6-15)10-14(19)11-3-4-12(16)13(17)9-11/h3-4,9,20H,2,5-8,10H2,1H3. The van der Waals surface area contributed by atoms with Gasteiger partial charge >= 0.3 is 0 Å². The molecule has 3 nitrogen and oxygen atoms in total. The number of rotatable bonds is 3. The van der Waals surface area contributed by atoms with Crippen molar-refractivity contribution in [1.29, 1.82) is 0 Å². The van der Waals surface area contributed by atoms with Crippen LogP contribution in [0.1, 0.15) is 36.5 Å². The maximum Gasteiger partial charge on any atom is 0.176 e. The molecule has 1 aliphatic heterocycles. The molecule has 1 fully saturated rings. The van der Waals surface area contributed by atoms with Crippen molar-refractivity contribution in [2.24, 2.45) is 0 Å². The summed E-state index contributed by atoms with van der Waals surface area (Å²) < 4.78 is 25.9. The van der Waals surface area contributed by atoms with Crippen LogP contribution in [0.2, 0.25) is 0 Å². The van der Waals surface area contributed by atoms with Gasteiger partial charge in [-0.2, -0.15) is 0 Å². The fourth-order valence-electron chi connectivity index (χ4n) is 2.44. The number of hydrogen-bond acceptors (Lipinski definition) is 3. The van der Waals surface area contributed by atoms with Gasteiger partial charge in [0.15, 0.2) is 17.4 Å². The summed E-state index contributed by atoms with van der Waals surface area (Å²) in [6.45, 7) is 3.32. The molecule has 110 valence electrons. The normalized spacial score (nSPS) is 24.4. The van der Waals surface area contributed by atoms with Crippen molar-refractivity contribution in [1.82, 2.24) is 4.90 Å². The Morgan fingerprint density at radius 2 is 2.05 bits per heavy atom. The Balaban J connectivity index is 1.99. The molecule has 20 heavy (non-hydrogen) atoms. The van der Waals surface area contributed by atoms with Gasteiger partial charge in [0.2, 0.25) is 0 Å². The molecular formula is C15H19F2NO2. The van der Waals surface area contributed by atoms with E-state index in [0.29, 0.717) is 19.4 Å². The lowest BCUT2D eigenvalue weighted by Gasteiger charge is -2.21. The first-order valence-electron chi connectivity index (χ1n) is 6.80. The molecule has 0 saturated carbocycles. The first kappa shape index (κ1) is 15.1. The molecule has 5 heteroatoms. The monoisotopic (exact) mass is 283 g/mol. The predicted molar refractivity (Wildman–Crippen MR) is 71.6 cm³/mol. The fourth-order valence-corrected chi connectivity index (χ4v) is 2.44. The highest BCUT2D eigenvalue weighted by Crippen LogP contribution is 2.21. The van der Waals surface area contributed by atoms with E-state index in [0.717, 1.165) is 25.1 Å². The summed E-state index contributed by atoms with van der Waals surface area (Å²) in [5.41, 5.74) is -0.500. The zero-order valence-electron chi connectivity index (χ0n) is 11.5. The minimum atomic E-state index is -1.00. The van der Waals surface area contributed by atoms with Crippen LogP contribution in [0.5, 0.6) is 0 Å². The zero-order chi connectivity index (χ0) is 14.8. The van der Waals surface area contributed by atoms with E-state index in [-0.39, 0.29) is 17.9 Å². The first-order valence-corrected chi connectivity index (χ1v) is 6.80. The number of Topliss-reactive ketones (excluding diaryl/α,β-unsaturated/α-hetero) is 1. The van der Waals surface area contributed by atoms with Crippen molar-refractivity contribution in [2.45, 2.75) is 31.8 Å². The third-order valence-corrected chi connectivity index (χ3v) is 3.77. The maximum atomic E-state index is 13.1. The summed E-state index contributed by atoms with van der Waals surface area (Å²) in [6, 6.07) is 3.20. The van der Waals surface area contributed by atoms with Crippen molar-refractivity contribution >= 4 is 5.78 Å². The zero-order valence-corrected chi connectivity index (χ0v) is 11.5. The second-order valence-corrected chi connectivity index (χ2v) is 5.68. The molecule has 1 unspecified atom stereocenters. The van der Waals surface area contributed by atoms with Crippen molar-refractivity contribution in [2.75, 3.05) is 19.6 Å². The van der Waals surface area contributed by atoms with E-state index in [2.05, 4.69) is 0 Å². The first-order chi connectivity index (χ1) is 9.37. The SMILES string of the molecule is CC1(O)CCCN(CC(=O)c2ccc(F)c(F)c2)CC1. The molecule has 1 saturated heterocycles. The summed E-state index contributed by atoms with van der Waals surface area (Å²) in [5.74, 6) is -2.19. The average Bonchev–Trinajstić information content (AvgIpc) is 2.54. The van der Waals surface area contributed by atoms with E-state index in [1.807, 2.05) is 4.90 Å². The van der Waals surface area contributed by atoms with Gasteiger partial charge in [-0.1, -0.05) is 0 Å². The van der Waals surface area contributed by atoms with Gasteiger partial charge in [-0.25, -0.2) is 8.78 Å². The van der Waals surface area contributed by atoms with Gasteiger partial charge in [0.25, 0.3) is 0 Å². The molecule has 2 rings (SSSR count). The Kier molecular flexibility index (Phi) is 4.50. The lowest BCUT2D eigenvalue weighted by atomic mass is 9.98. The molecule has 0 spiro atoms. The number of carbonyl (C=O) groups is 1. The van der Waals surface area contributed by atoms with E-state index in [9.17, 15) is 18.7 Å². The quantitative estimate of drug-likeness (QED) is 0.866. The van der Waals surface area contributed by atoms with Gasteiger partial charge in [0.1, 0.15) is 0 Å². The highest BCUT2D eigenvalue weighted by molar-refractivity contribution is 5.97. The van der Waals surface area contributed by atoms with Crippen LogP contribution in [0.25, 0.3) is 0 Å². The van der Waals surface area contributed by atoms with Gasteiger partial charge in [0.05, 0.1) is 12.1 Å². The lowest BCUT2D eigenvalue weighted by Crippen LogP contribution is -2.32. The van der Waals surface area contributed by atoms with E-state index < -0.39 is 17.2 Å². The molecule has 1 aliphatic rings. The third kappa shape index (κ3) is 3.84. The summed E-state index contributed by atoms with van der Waals surface area (Å²) >= 11 is 0. The smallest absolute Gasteiger partial charge is 0.176 e. The molecule has 0 aromatic heterocycles. The number of nitrogens with zero attached hydrogens (tertiary/aromatic N) is 1. The Hall–Kier alpha value is -1.33. The predicted octanol–water partition coefficient (Wildman–Crippen LogP) is 2.38. The Bertz CT molecular complexity index is 503. The third-order valence-electron chi connectivity index (χ3n) is 3.77. The number of benzene rings is 1. The molecule has 0 amide bonds. The number of carbonyl (C=O) groups excluding carboxylic acids is 1. The number of aliphatic hydroxyl groups is 1. The van der Waals surface area contributed by atoms with E-state index in [4.69, 9.17) is 0 Å². The molecule has 1 N–H and O–H groups in total. The molecule has 0 bridgehead atoms. The highest BCUT2D eigenvalue weighted by atomic mass is 19.2. The van der Waals surface area contributed by atoms with Crippen molar-refractivity contribution < 1.29 is 18.7 Å². The van der Waals surface area contributed by atoms with Gasteiger partial charge in [-0.05, 0) is 50.9 Å². The Morgan fingerprint density at radius 1 is 1.30 bits per heavy atom. The number of likely N-dealkylation sites (tertiary alicyclic amines) is 1. The van der Waals surface area contributed by atoms with Crippen LogP contribution in [-0.2, 0) is 0 Å². The molecule has 0 aliphatic carbocycles. The molecule has 0 radical (unpaired) electrons. The minimum absolute atomic E-state index is 0.168. The summed E-state index contributed by atoms with van der Waals surface area (Å²) in [6.07, 6.45) is 2.14. The minimum Gasteiger partial charge on any atom is -0.390 e. The summed E-state index contributed by atoms with van der Waals surface area (Å²) in [7, 11) is 0. The van der Waals surface area contributed by atoms with Crippen molar-refractivity contribution in [3.8, 4) is 0 Å². The second-order valence-electron chi connectivity index (χ2n) is 5.68. The van der Waals surface area contributed by atoms with Crippen molar-refractivity contribution in [3.05, 3.63) is 35.4 Å². The van der Waals surface area contributed by atoms with Gasteiger partial charge in [-0.3, -0.25) is 9.69 Å². The van der Waals surface area contributed by atoms with Crippen molar-refractivity contribution in [3.63, 3.8) is 0 Å². The largest absolute Gasteiger partial charge is 0.390 e. The van der Waals surface area contributed by atoms with Crippen LogP contribution in [0.15, 0.2) is 18.2 Å².